The molecular formula is C26H15BrCl3F6NO2. The van der Waals surface area contributed by atoms with Crippen LogP contribution in [0.3, 0.4) is 0 Å². The second-order valence-electron chi connectivity index (χ2n) is 8.10. The maximum absolute atomic E-state index is 13.8. The van der Waals surface area contributed by atoms with E-state index >= 15 is 0 Å². The van der Waals surface area contributed by atoms with Gasteiger partial charge in [-0.1, -0.05) is 65.2 Å². The van der Waals surface area contributed by atoms with E-state index in [1.54, 1.807) is 0 Å². The Bertz CT molecular complexity index is 1420. The van der Waals surface area contributed by atoms with E-state index in [1.807, 2.05) is 0 Å². The molecule has 0 spiro atoms. The molecule has 1 N–H and O–H groups in total. The van der Waals surface area contributed by atoms with Gasteiger partial charge in [-0.05, 0) is 63.5 Å². The van der Waals surface area contributed by atoms with E-state index in [-0.39, 0.29) is 36.2 Å². The van der Waals surface area contributed by atoms with Gasteiger partial charge in [-0.15, -0.1) is 0 Å². The Balaban J connectivity index is 1.74. The van der Waals surface area contributed by atoms with E-state index in [2.05, 4.69) is 21.2 Å². The minimum Gasteiger partial charge on any atom is -0.345 e. The highest BCUT2D eigenvalue weighted by atomic mass is 79.9. The molecule has 13 heteroatoms. The van der Waals surface area contributed by atoms with E-state index in [1.165, 1.54) is 30.3 Å². The van der Waals surface area contributed by atoms with E-state index in [0.29, 0.717) is 11.6 Å². The molecule has 206 valence electrons. The first-order valence-electron chi connectivity index (χ1n) is 10.8. The molecule has 0 aliphatic rings. The second-order valence-corrected chi connectivity index (χ2v) is 10.1. The van der Waals surface area contributed by atoms with Gasteiger partial charge in [-0.3, -0.25) is 9.59 Å². The summed E-state index contributed by atoms with van der Waals surface area (Å²) in [7, 11) is 0. The fourth-order valence-corrected chi connectivity index (χ4v) is 4.61. The first kappa shape index (κ1) is 31.0. The molecule has 0 aromatic heterocycles. The Morgan fingerprint density at radius 2 is 1.56 bits per heavy atom. The molecule has 1 unspecified atom stereocenters. The largest absolute Gasteiger partial charge is 0.416 e. The maximum Gasteiger partial charge on any atom is 0.416 e. The van der Waals surface area contributed by atoms with Crippen molar-refractivity contribution in [2.24, 2.45) is 0 Å². The summed E-state index contributed by atoms with van der Waals surface area (Å²) in [6, 6.07) is 10.00. The number of ketones is 1. The molecule has 0 aliphatic heterocycles. The van der Waals surface area contributed by atoms with Crippen molar-refractivity contribution >= 4 is 68.5 Å². The van der Waals surface area contributed by atoms with Crippen LogP contribution in [0.25, 0.3) is 6.08 Å². The summed E-state index contributed by atoms with van der Waals surface area (Å²) in [6.07, 6.45) is -7.22. The van der Waals surface area contributed by atoms with Crippen molar-refractivity contribution in [1.82, 2.24) is 5.32 Å². The van der Waals surface area contributed by atoms with Crippen molar-refractivity contribution in [3.63, 3.8) is 0 Å². The van der Waals surface area contributed by atoms with Crippen LogP contribution in [0.2, 0.25) is 15.1 Å². The molecule has 0 radical (unpaired) electrons. The molecule has 3 aromatic rings. The monoisotopic (exact) mass is 671 g/mol. The molecular weight excluding hydrogens is 659 g/mol. The SMILES string of the molecule is O=C(CNC(=O)c1ccc(/C=C/C(c2cc(Cl)c(Cl)c(Cl)c2)C(F)(F)F)cc1Br)c1cccc(C(F)(F)F)c1. The Labute approximate surface area is 241 Å². The zero-order valence-electron chi connectivity index (χ0n) is 19.2. The fraction of sp³-hybridized carbons (Fsp3) is 0.154. The predicted octanol–water partition coefficient (Wildman–Crippen LogP) is 9.40. The minimum atomic E-state index is -4.68. The summed E-state index contributed by atoms with van der Waals surface area (Å²) in [4.78, 5) is 24.8. The summed E-state index contributed by atoms with van der Waals surface area (Å²) < 4.78 is 80.1. The molecule has 3 nitrogen and oxygen atoms in total. The standard InChI is InChI=1S/C26H15BrCl3F6NO2/c27-19-8-13(5-7-18(26(34,35)36)15-10-20(28)23(30)21(29)11-15)4-6-17(19)24(39)37-12-22(38)14-2-1-3-16(9-14)25(31,32)33/h1-11,18H,12H2,(H,37,39)/b7-5+. The minimum absolute atomic E-state index is 0.0487. The first-order chi connectivity index (χ1) is 18.1. The van der Waals surface area contributed by atoms with Gasteiger partial charge in [0, 0.05) is 10.0 Å². The molecule has 0 heterocycles. The van der Waals surface area contributed by atoms with Crippen LogP contribution in [0.1, 0.15) is 43.3 Å². The number of Topliss-reactive ketones (excluding diaryl/α,β-unsaturated/α-hetero) is 1. The highest BCUT2D eigenvalue weighted by Gasteiger charge is 2.39. The average Bonchev–Trinajstić information content (AvgIpc) is 2.84. The molecule has 3 rings (SSSR count). The number of halogens is 10. The molecule has 0 saturated heterocycles. The Hall–Kier alpha value is -2.53. The normalized spacial score (nSPS) is 13.0. The number of nitrogens with one attached hydrogen (secondary N) is 1. The van der Waals surface area contributed by atoms with Gasteiger partial charge in [-0.2, -0.15) is 26.3 Å². The summed E-state index contributed by atoms with van der Waals surface area (Å²) in [5, 5.41) is 1.99. The van der Waals surface area contributed by atoms with E-state index in [0.717, 1.165) is 30.3 Å². The molecule has 0 aliphatic carbocycles. The summed E-state index contributed by atoms with van der Waals surface area (Å²) >= 11 is 20.8. The molecule has 0 bridgehead atoms. The summed E-state index contributed by atoms with van der Waals surface area (Å²) in [5.74, 6) is -3.53. The summed E-state index contributed by atoms with van der Waals surface area (Å²) in [6.45, 7) is -0.576. The van der Waals surface area contributed by atoms with Gasteiger partial charge in [-0.25, -0.2) is 0 Å². The van der Waals surface area contributed by atoms with E-state index in [9.17, 15) is 35.9 Å². The number of alkyl halides is 6. The average molecular weight is 674 g/mol. The van der Waals surface area contributed by atoms with Crippen LogP contribution in [-0.4, -0.2) is 24.4 Å². The van der Waals surface area contributed by atoms with Gasteiger partial charge in [0.2, 0.25) is 0 Å². The highest BCUT2D eigenvalue weighted by Crippen LogP contribution is 2.41. The Kier molecular flexibility index (Phi) is 9.80. The van der Waals surface area contributed by atoms with E-state index in [4.69, 9.17) is 34.8 Å². The number of benzene rings is 3. The number of carbonyl (C=O) groups is 2. The molecule has 0 fully saturated rings. The molecule has 0 saturated carbocycles. The van der Waals surface area contributed by atoms with Gasteiger partial charge in [0.05, 0.1) is 38.7 Å². The van der Waals surface area contributed by atoms with Crippen molar-refractivity contribution in [1.29, 1.82) is 0 Å². The number of hydrogen-bond acceptors (Lipinski definition) is 2. The highest BCUT2D eigenvalue weighted by molar-refractivity contribution is 9.10. The van der Waals surface area contributed by atoms with Crippen LogP contribution in [-0.2, 0) is 6.18 Å². The lowest BCUT2D eigenvalue weighted by molar-refractivity contribution is -0.139. The van der Waals surface area contributed by atoms with Crippen molar-refractivity contribution in [2.45, 2.75) is 18.3 Å². The maximum atomic E-state index is 13.8. The van der Waals surface area contributed by atoms with Crippen LogP contribution in [0.4, 0.5) is 26.3 Å². The molecule has 3 aromatic carbocycles. The number of rotatable bonds is 7. The molecule has 39 heavy (non-hydrogen) atoms. The van der Waals surface area contributed by atoms with Crippen LogP contribution in [0, 0.1) is 0 Å². The van der Waals surface area contributed by atoms with Crippen molar-refractivity contribution in [3.05, 3.63) is 108 Å². The third-order valence-corrected chi connectivity index (χ3v) is 7.21. The smallest absolute Gasteiger partial charge is 0.345 e. The second kappa shape index (κ2) is 12.3. The number of amides is 1. The van der Waals surface area contributed by atoms with Gasteiger partial charge in [0.25, 0.3) is 5.91 Å². The molecule has 1 amide bonds. The molecule has 1 atom stereocenters. The van der Waals surface area contributed by atoms with Gasteiger partial charge in [0.15, 0.2) is 5.78 Å². The van der Waals surface area contributed by atoms with Gasteiger partial charge in [0.1, 0.15) is 0 Å². The third kappa shape index (κ3) is 8.00. The number of carbonyl (C=O) groups excluding carboxylic acids is 2. The fourth-order valence-electron chi connectivity index (χ4n) is 3.42. The Morgan fingerprint density at radius 3 is 2.13 bits per heavy atom. The lowest BCUT2D eigenvalue weighted by Crippen LogP contribution is -2.30. The topological polar surface area (TPSA) is 46.2 Å². The van der Waals surface area contributed by atoms with Crippen LogP contribution in [0.15, 0.2) is 65.1 Å². The lowest BCUT2D eigenvalue weighted by Gasteiger charge is -2.18. The van der Waals surface area contributed by atoms with Crippen molar-refractivity contribution < 1.29 is 35.9 Å². The van der Waals surface area contributed by atoms with Crippen LogP contribution < -0.4 is 5.32 Å². The first-order valence-corrected chi connectivity index (χ1v) is 12.7. The quantitative estimate of drug-likeness (QED) is 0.154. The van der Waals surface area contributed by atoms with Crippen molar-refractivity contribution in [3.8, 4) is 0 Å². The number of hydrogen-bond donors (Lipinski definition) is 1. The lowest BCUT2D eigenvalue weighted by atomic mass is 9.97. The third-order valence-electron chi connectivity index (χ3n) is 5.36. The van der Waals surface area contributed by atoms with E-state index < -0.39 is 42.1 Å². The summed E-state index contributed by atoms with van der Waals surface area (Å²) in [5.41, 5.74) is -1.10. The zero-order chi connectivity index (χ0) is 29.1. The number of allylic oxidation sites excluding steroid dienone is 1. The predicted molar refractivity (Wildman–Crippen MR) is 142 cm³/mol. The van der Waals surface area contributed by atoms with Crippen LogP contribution in [0.5, 0.6) is 0 Å². The van der Waals surface area contributed by atoms with Gasteiger partial charge < -0.3 is 5.32 Å². The zero-order valence-corrected chi connectivity index (χ0v) is 23.1. The van der Waals surface area contributed by atoms with Gasteiger partial charge >= 0.3 is 12.4 Å². The van der Waals surface area contributed by atoms with Crippen molar-refractivity contribution in [2.75, 3.05) is 6.54 Å². The van der Waals surface area contributed by atoms with Crippen LogP contribution >= 0.6 is 50.7 Å². The Morgan fingerprint density at radius 1 is 0.923 bits per heavy atom.